The summed E-state index contributed by atoms with van der Waals surface area (Å²) in [4.78, 5) is 0. The van der Waals surface area contributed by atoms with E-state index in [0.717, 1.165) is 33.6 Å². The van der Waals surface area contributed by atoms with Crippen LogP contribution in [0.3, 0.4) is 0 Å². The molecule has 36 heavy (non-hydrogen) atoms. The molecule has 2 N–H and O–H groups in total. The predicted molar refractivity (Wildman–Crippen MR) is 157 cm³/mol. The maximum Gasteiger partial charge on any atom is 0.176 e. The van der Waals surface area contributed by atoms with Crippen LogP contribution in [0.1, 0.15) is 38.8 Å². The molecule has 0 atom stereocenters. The number of anilines is 2. The highest BCUT2D eigenvalue weighted by Gasteiger charge is 2.48. The smallest absolute Gasteiger partial charge is 0.176 e. The van der Waals surface area contributed by atoms with Crippen LogP contribution in [-0.4, -0.2) is 12.4 Å². The lowest BCUT2D eigenvalue weighted by Gasteiger charge is -2.35. The second kappa shape index (κ2) is 9.46. The second-order valence-electron chi connectivity index (χ2n) is 11.5. The van der Waals surface area contributed by atoms with Gasteiger partial charge in [-0.1, -0.05) is 125 Å². The molecule has 180 valence electrons. The number of nitrogens with one attached hydrogen (secondary N) is 2. The maximum atomic E-state index is 9.32. The molecule has 3 heteroatoms. The summed E-state index contributed by atoms with van der Waals surface area (Å²) in [6, 6.07) is 35.7. The van der Waals surface area contributed by atoms with E-state index in [2.05, 4.69) is 112 Å². The Kier molecular flexibility index (Phi) is 6.34. The van der Waals surface area contributed by atoms with Gasteiger partial charge in [0.15, 0.2) is 6.71 Å². The molecule has 0 spiro atoms. The summed E-state index contributed by atoms with van der Waals surface area (Å²) in [5, 5.41) is 12.9. The number of rotatable bonds is 6. The van der Waals surface area contributed by atoms with Crippen LogP contribution in [0.5, 0.6) is 0 Å². The lowest BCUT2D eigenvalue weighted by molar-refractivity contribution is 0.177. The van der Waals surface area contributed by atoms with E-state index in [0.29, 0.717) is 23.3 Å². The Morgan fingerprint density at radius 2 is 1.33 bits per heavy atom. The van der Waals surface area contributed by atoms with Crippen molar-refractivity contribution in [1.82, 2.24) is 0 Å². The lowest BCUT2D eigenvalue weighted by atomic mass is 9.42. The molecule has 1 aliphatic rings. The van der Waals surface area contributed by atoms with E-state index in [1.807, 2.05) is 24.3 Å². The first kappa shape index (κ1) is 24.1. The standard InChI is InChI=1S/C33H35BN2/c1-32(2)22-34(23-33(32,3)4)27-15-11-14-26(20-27)31(35)29-21-25(24-12-7-5-8-13-24)18-19-30(29)36-28-16-9-6-10-17-28/h5-21,35-36H,22-23H2,1-4H3. The number of hydrogen-bond acceptors (Lipinski definition) is 2. The van der Waals surface area contributed by atoms with E-state index in [-0.39, 0.29) is 0 Å². The Labute approximate surface area is 216 Å². The molecule has 4 aromatic carbocycles. The zero-order chi connectivity index (χ0) is 25.3. The van der Waals surface area contributed by atoms with Crippen molar-refractivity contribution in [3.8, 4) is 11.1 Å². The fourth-order valence-corrected chi connectivity index (χ4v) is 5.54. The van der Waals surface area contributed by atoms with E-state index in [9.17, 15) is 5.41 Å². The van der Waals surface area contributed by atoms with Crippen LogP contribution in [0.4, 0.5) is 11.4 Å². The Balaban J connectivity index is 1.53. The summed E-state index contributed by atoms with van der Waals surface area (Å²) in [6.07, 6.45) is 2.36. The van der Waals surface area contributed by atoms with Crippen molar-refractivity contribution >= 4 is 29.3 Å². The van der Waals surface area contributed by atoms with Crippen molar-refractivity contribution in [3.63, 3.8) is 0 Å². The van der Waals surface area contributed by atoms with Gasteiger partial charge in [0.1, 0.15) is 0 Å². The zero-order valence-electron chi connectivity index (χ0n) is 21.8. The minimum absolute atomic E-state index is 0.304. The molecule has 5 rings (SSSR count). The molecule has 2 nitrogen and oxygen atoms in total. The molecule has 1 fully saturated rings. The van der Waals surface area contributed by atoms with Gasteiger partial charge >= 0.3 is 0 Å². The lowest BCUT2D eigenvalue weighted by Crippen LogP contribution is -2.28. The first-order valence-electron chi connectivity index (χ1n) is 12.9. The summed E-state index contributed by atoms with van der Waals surface area (Å²) in [7, 11) is 0. The van der Waals surface area contributed by atoms with E-state index in [4.69, 9.17) is 0 Å². The van der Waals surface area contributed by atoms with Crippen LogP contribution >= 0.6 is 0 Å². The van der Waals surface area contributed by atoms with E-state index < -0.39 is 0 Å². The number of para-hydroxylation sites is 1. The predicted octanol–water partition coefficient (Wildman–Crippen LogP) is 8.28. The summed E-state index contributed by atoms with van der Waals surface area (Å²) < 4.78 is 0. The fraction of sp³-hybridized carbons (Fsp3) is 0.242. The van der Waals surface area contributed by atoms with Crippen LogP contribution in [0.2, 0.25) is 12.6 Å². The molecule has 0 radical (unpaired) electrons. The van der Waals surface area contributed by atoms with Gasteiger partial charge in [-0.3, -0.25) is 5.41 Å². The molecule has 0 unspecified atom stereocenters. The third-order valence-corrected chi connectivity index (χ3v) is 8.44. The van der Waals surface area contributed by atoms with Gasteiger partial charge in [0.2, 0.25) is 0 Å². The number of benzene rings is 4. The van der Waals surface area contributed by atoms with E-state index >= 15 is 0 Å². The first-order valence-corrected chi connectivity index (χ1v) is 12.9. The Morgan fingerprint density at radius 1 is 0.694 bits per heavy atom. The van der Waals surface area contributed by atoms with Gasteiger partial charge in [0.25, 0.3) is 0 Å². The molecule has 1 aliphatic heterocycles. The highest BCUT2D eigenvalue weighted by atomic mass is 14.9. The molecule has 0 aliphatic carbocycles. The van der Waals surface area contributed by atoms with E-state index in [1.165, 1.54) is 18.1 Å². The first-order chi connectivity index (χ1) is 17.2. The minimum atomic E-state index is 0.304. The summed E-state index contributed by atoms with van der Waals surface area (Å²) >= 11 is 0. The fourth-order valence-electron chi connectivity index (χ4n) is 5.54. The van der Waals surface area contributed by atoms with Gasteiger partial charge in [-0.25, -0.2) is 0 Å². The quantitative estimate of drug-likeness (QED) is 0.216. The molecule has 0 amide bonds. The van der Waals surface area contributed by atoms with Crippen LogP contribution in [0, 0.1) is 16.2 Å². The molecule has 0 saturated carbocycles. The third-order valence-electron chi connectivity index (χ3n) is 8.44. The molecule has 1 saturated heterocycles. The maximum absolute atomic E-state index is 9.32. The molecule has 0 bridgehead atoms. The van der Waals surface area contributed by atoms with Crippen LogP contribution in [-0.2, 0) is 0 Å². The average Bonchev–Trinajstić information content (AvgIpc) is 3.11. The molecule has 4 aromatic rings. The number of hydrogen-bond donors (Lipinski definition) is 2. The van der Waals surface area contributed by atoms with Crippen molar-refractivity contribution in [3.05, 3.63) is 114 Å². The van der Waals surface area contributed by atoms with Crippen molar-refractivity contribution in [2.75, 3.05) is 5.32 Å². The highest BCUT2D eigenvalue weighted by molar-refractivity contribution is 6.74. The van der Waals surface area contributed by atoms with Gasteiger partial charge in [-0.05, 0) is 51.8 Å². The Bertz CT molecular complexity index is 1360. The Morgan fingerprint density at radius 3 is 2.00 bits per heavy atom. The average molecular weight is 470 g/mol. The SMILES string of the molecule is CC1(C)CB(c2cccc(C(=N)c3cc(-c4ccccc4)ccc3Nc3ccccc3)c2)CC1(C)C. The summed E-state index contributed by atoms with van der Waals surface area (Å²) in [5.41, 5.74) is 8.61. The van der Waals surface area contributed by atoms with Gasteiger partial charge < -0.3 is 5.32 Å². The second-order valence-corrected chi connectivity index (χ2v) is 11.5. The normalized spacial score (nSPS) is 16.1. The summed E-state index contributed by atoms with van der Waals surface area (Å²) in [6.45, 7) is 10.1. The van der Waals surface area contributed by atoms with E-state index in [1.54, 1.807) is 0 Å². The summed E-state index contributed by atoms with van der Waals surface area (Å²) in [5.74, 6) is 0. The van der Waals surface area contributed by atoms with Crippen LogP contribution < -0.4 is 10.8 Å². The van der Waals surface area contributed by atoms with Crippen molar-refractivity contribution < 1.29 is 0 Å². The van der Waals surface area contributed by atoms with Gasteiger partial charge in [-0.15, -0.1) is 0 Å². The van der Waals surface area contributed by atoms with Crippen LogP contribution in [0.15, 0.2) is 103 Å². The van der Waals surface area contributed by atoms with Gasteiger partial charge in [-0.2, -0.15) is 0 Å². The highest BCUT2D eigenvalue weighted by Crippen LogP contribution is 2.52. The van der Waals surface area contributed by atoms with Crippen LogP contribution in [0.25, 0.3) is 11.1 Å². The zero-order valence-corrected chi connectivity index (χ0v) is 21.8. The van der Waals surface area contributed by atoms with Gasteiger partial charge in [0, 0.05) is 16.9 Å². The van der Waals surface area contributed by atoms with Gasteiger partial charge in [0.05, 0.1) is 5.71 Å². The largest absolute Gasteiger partial charge is 0.355 e. The minimum Gasteiger partial charge on any atom is -0.355 e. The third kappa shape index (κ3) is 4.75. The Hall–Kier alpha value is -3.59. The molecular formula is C33H35BN2. The van der Waals surface area contributed by atoms with Crippen molar-refractivity contribution in [2.45, 2.75) is 40.3 Å². The molecule has 1 heterocycles. The molecular weight excluding hydrogens is 435 g/mol. The topological polar surface area (TPSA) is 35.9 Å². The van der Waals surface area contributed by atoms with Crippen molar-refractivity contribution in [2.24, 2.45) is 10.8 Å². The monoisotopic (exact) mass is 470 g/mol. The van der Waals surface area contributed by atoms with Crippen molar-refractivity contribution in [1.29, 1.82) is 5.41 Å². The molecule has 0 aromatic heterocycles.